The minimum atomic E-state index is -2.04. The molecule has 0 unspecified atom stereocenters. The van der Waals surface area contributed by atoms with Crippen LogP contribution in [0.1, 0.15) is 41.5 Å². The van der Waals surface area contributed by atoms with E-state index >= 15 is 0 Å². The molecular formula is C26H28Si. The lowest BCUT2D eigenvalue weighted by atomic mass is 9.95. The third kappa shape index (κ3) is 1.84. The highest BCUT2D eigenvalue weighted by molar-refractivity contribution is 7.10. The van der Waals surface area contributed by atoms with Crippen LogP contribution in [0.25, 0.3) is 32.3 Å². The van der Waals surface area contributed by atoms with E-state index in [-0.39, 0.29) is 10.1 Å². The van der Waals surface area contributed by atoms with Gasteiger partial charge in [0.05, 0.1) is 0 Å². The van der Waals surface area contributed by atoms with Gasteiger partial charge in [0.25, 0.3) is 0 Å². The van der Waals surface area contributed by atoms with Crippen LogP contribution in [0.4, 0.5) is 0 Å². The van der Waals surface area contributed by atoms with Crippen LogP contribution in [-0.4, -0.2) is 8.07 Å². The number of rotatable bonds is 0. The van der Waals surface area contributed by atoms with Gasteiger partial charge < -0.3 is 0 Å². The van der Waals surface area contributed by atoms with Crippen molar-refractivity contribution in [3.63, 3.8) is 0 Å². The van der Waals surface area contributed by atoms with Gasteiger partial charge in [-0.05, 0) is 52.8 Å². The van der Waals surface area contributed by atoms with E-state index < -0.39 is 8.07 Å². The SMILES string of the molecule is CC(C)(C)[Si]1(C(C)(C)C)c2cccc3c4ccccc4c4cccc1c4c23. The molecule has 0 amide bonds. The molecule has 1 aliphatic rings. The second-order valence-corrected chi connectivity index (χ2v) is 15.8. The molecule has 0 aliphatic carbocycles. The summed E-state index contributed by atoms with van der Waals surface area (Å²) in [6, 6.07) is 23.2. The molecule has 0 N–H and O–H groups in total. The van der Waals surface area contributed by atoms with Crippen LogP contribution < -0.4 is 10.4 Å². The zero-order valence-corrected chi connectivity index (χ0v) is 18.3. The summed E-state index contributed by atoms with van der Waals surface area (Å²) in [5.74, 6) is 0. The molecular weight excluding hydrogens is 340 g/mol. The first-order valence-corrected chi connectivity index (χ1v) is 12.1. The summed E-state index contributed by atoms with van der Waals surface area (Å²) in [7, 11) is -2.04. The van der Waals surface area contributed by atoms with Gasteiger partial charge in [-0.2, -0.15) is 0 Å². The molecule has 1 heteroatoms. The Morgan fingerprint density at radius 1 is 0.481 bits per heavy atom. The third-order valence-electron chi connectivity index (χ3n) is 6.94. The van der Waals surface area contributed by atoms with Crippen LogP contribution in [-0.2, 0) is 0 Å². The van der Waals surface area contributed by atoms with Gasteiger partial charge in [-0.15, -0.1) is 0 Å². The summed E-state index contributed by atoms with van der Waals surface area (Å²) in [5, 5.41) is 12.5. The predicted molar refractivity (Wildman–Crippen MR) is 123 cm³/mol. The highest BCUT2D eigenvalue weighted by atomic mass is 28.3. The second-order valence-electron chi connectivity index (χ2n) is 10.3. The second kappa shape index (κ2) is 5.02. The normalized spacial score (nSPS) is 16.1. The van der Waals surface area contributed by atoms with Gasteiger partial charge >= 0.3 is 0 Å². The van der Waals surface area contributed by atoms with Crippen LogP contribution in [0.15, 0.2) is 60.7 Å². The van der Waals surface area contributed by atoms with Gasteiger partial charge in [-0.3, -0.25) is 0 Å². The number of fused-ring (bicyclic) bond motifs is 3. The Morgan fingerprint density at radius 2 is 0.852 bits per heavy atom. The maximum atomic E-state index is 2.48. The van der Waals surface area contributed by atoms with Crippen LogP contribution in [0.5, 0.6) is 0 Å². The summed E-state index contributed by atoms with van der Waals surface area (Å²) < 4.78 is 0. The van der Waals surface area contributed by atoms with Crippen molar-refractivity contribution in [2.75, 3.05) is 0 Å². The Labute approximate surface area is 163 Å². The number of benzene rings is 4. The molecule has 1 aliphatic heterocycles. The van der Waals surface area contributed by atoms with Gasteiger partial charge in [0, 0.05) is 0 Å². The first-order valence-electron chi connectivity index (χ1n) is 10.1. The lowest BCUT2D eigenvalue weighted by molar-refractivity contribution is 0.638. The standard InChI is InChI=1S/C26H28Si/c1-25(2,3)27(26(4,5)6)21-15-9-13-19-17-11-7-8-12-18(17)20-14-10-16-22(27)24(20)23(19)21/h7-16H,1-6H3. The van der Waals surface area contributed by atoms with E-state index in [2.05, 4.69) is 102 Å². The van der Waals surface area contributed by atoms with Crippen LogP contribution in [0, 0.1) is 0 Å². The first kappa shape index (κ1) is 17.0. The zero-order valence-electron chi connectivity index (χ0n) is 17.3. The monoisotopic (exact) mass is 368 g/mol. The van der Waals surface area contributed by atoms with Crippen LogP contribution in [0.3, 0.4) is 0 Å². The molecule has 0 fully saturated rings. The molecule has 5 rings (SSSR count). The van der Waals surface area contributed by atoms with Crippen molar-refractivity contribution < 1.29 is 0 Å². The highest BCUT2D eigenvalue weighted by Gasteiger charge is 2.58. The van der Waals surface area contributed by atoms with Gasteiger partial charge in [0.1, 0.15) is 8.07 Å². The van der Waals surface area contributed by atoms with E-state index in [1.165, 1.54) is 21.5 Å². The largest absolute Gasteiger partial charge is 0.130 e. The smallest absolute Gasteiger partial charge is 0.0619 e. The lowest BCUT2D eigenvalue weighted by Gasteiger charge is -2.51. The molecule has 4 aromatic carbocycles. The molecule has 1 heterocycles. The summed E-state index contributed by atoms with van der Waals surface area (Å²) >= 11 is 0. The molecule has 0 saturated carbocycles. The Kier molecular flexibility index (Phi) is 3.16. The maximum absolute atomic E-state index is 2.48. The Bertz CT molecular complexity index is 1130. The number of hydrogen-bond acceptors (Lipinski definition) is 0. The molecule has 0 bridgehead atoms. The quantitative estimate of drug-likeness (QED) is 0.241. The van der Waals surface area contributed by atoms with Crippen LogP contribution >= 0.6 is 0 Å². The van der Waals surface area contributed by atoms with E-state index in [9.17, 15) is 0 Å². The lowest BCUT2D eigenvalue weighted by Crippen LogP contribution is -2.67. The maximum Gasteiger partial charge on any atom is 0.130 e. The van der Waals surface area contributed by atoms with E-state index in [0.29, 0.717) is 0 Å². The molecule has 27 heavy (non-hydrogen) atoms. The van der Waals surface area contributed by atoms with Crippen molar-refractivity contribution in [3.05, 3.63) is 60.7 Å². The van der Waals surface area contributed by atoms with Crippen molar-refractivity contribution in [2.45, 2.75) is 51.6 Å². The molecule has 0 saturated heterocycles. The van der Waals surface area contributed by atoms with Gasteiger partial charge in [0.2, 0.25) is 0 Å². The van der Waals surface area contributed by atoms with E-state index in [1.54, 1.807) is 21.1 Å². The van der Waals surface area contributed by atoms with Gasteiger partial charge in [-0.25, -0.2) is 0 Å². The summed E-state index contributed by atoms with van der Waals surface area (Å²) in [6.07, 6.45) is 0. The Morgan fingerprint density at radius 3 is 1.22 bits per heavy atom. The molecule has 0 atom stereocenters. The Balaban J connectivity index is 2.17. The van der Waals surface area contributed by atoms with Crippen molar-refractivity contribution in [1.82, 2.24) is 0 Å². The van der Waals surface area contributed by atoms with Crippen molar-refractivity contribution >= 4 is 50.8 Å². The molecule has 136 valence electrons. The van der Waals surface area contributed by atoms with E-state index in [4.69, 9.17) is 0 Å². The van der Waals surface area contributed by atoms with Gasteiger partial charge in [0.15, 0.2) is 0 Å². The fourth-order valence-electron chi connectivity index (χ4n) is 6.56. The van der Waals surface area contributed by atoms with Crippen molar-refractivity contribution in [1.29, 1.82) is 0 Å². The summed E-state index contributed by atoms with van der Waals surface area (Å²) in [6.45, 7) is 14.9. The van der Waals surface area contributed by atoms with Crippen molar-refractivity contribution in [3.8, 4) is 0 Å². The highest BCUT2D eigenvalue weighted by Crippen LogP contribution is 2.54. The van der Waals surface area contributed by atoms with Gasteiger partial charge in [-0.1, -0.05) is 102 Å². The molecule has 0 aromatic heterocycles. The van der Waals surface area contributed by atoms with E-state index in [1.807, 2.05) is 0 Å². The first-order chi connectivity index (χ1) is 12.7. The zero-order chi connectivity index (χ0) is 19.2. The molecule has 0 spiro atoms. The number of hydrogen-bond donors (Lipinski definition) is 0. The minimum Gasteiger partial charge on any atom is -0.0619 e. The topological polar surface area (TPSA) is 0 Å². The van der Waals surface area contributed by atoms with Crippen molar-refractivity contribution in [2.24, 2.45) is 0 Å². The predicted octanol–water partition coefficient (Wildman–Crippen LogP) is 6.62. The summed E-state index contributed by atoms with van der Waals surface area (Å²) in [5.41, 5.74) is 0. The van der Waals surface area contributed by atoms with E-state index in [0.717, 1.165) is 0 Å². The Hall–Kier alpha value is -2.12. The average molecular weight is 369 g/mol. The summed E-state index contributed by atoms with van der Waals surface area (Å²) in [4.78, 5) is 0. The average Bonchev–Trinajstić information content (AvgIpc) is 2.93. The third-order valence-corrected chi connectivity index (χ3v) is 13.9. The minimum absolute atomic E-state index is 0.235. The molecule has 0 radical (unpaired) electrons. The van der Waals surface area contributed by atoms with Crippen LogP contribution in [0.2, 0.25) is 10.1 Å². The molecule has 4 aromatic rings. The fraction of sp³-hybridized carbons (Fsp3) is 0.308. The molecule has 0 nitrogen and oxygen atoms in total. The fourth-order valence-corrected chi connectivity index (χ4v) is 14.3.